The van der Waals surface area contributed by atoms with Crippen LogP contribution in [-0.4, -0.2) is 62.3 Å². The molecular weight excluding hydrogens is 302 g/mol. The highest BCUT2D eigenvalue weighted by atomic mass is 16.8. The molecule has 1 aromatic carbocycles. The van der Waals surface area contributed by atoms with Gasteiger partial charge in [-0.15, -0.1) is 0 Å². The summed E-state index contributed by atoms with van der Waals surface area (Å²) in [4.78, 5) is 10.9. The number of carboxylic acids is 1. The molecule has 10 heteroatoms. The van der Waals surface area contributed by atoms with Gasteiger partial charge in [-0.25, -0.2) is 10.0 Å². The van der Waals surface area contributed by atoms with Crippen LogP contribution in [0.2, 0.25) is 0 Å². The van der Waals surface area contributed by atoms with Crippen LogP contribution < -0.4 is 9.96 Å². The summed E-state index contributed by atoms with van der Waals surface area (Å²) in [6.07, 6.45) is -8.54. The molecule has 122 valence electrons. The molecule has 0 saturated carbocycles. The number of quaternary nitrogens is 1. The quantitative estimate of drug-likeness (QED) is 0.326. The zero-order valence-corrected chi connectivity index (χ0v) is 11.1. The molecule has 22 heavy (non-hydrogen) atoms. The highest BCUT2D eigenvalue weighted by Gasteiger charge is 2.48. The minimum absolute atomic E-state index is 0.0105. The van der Waals surface area contributed by atoms with E-state index in [1.165, 1.54) is 24.3 Å². The average molecular weight is 317 g/mol. The van der Waals surface area contributed by atoms with Crippen LogP contribution in [-0.2, 0) is 9.53 Å². The zero-order valence-electron chi connectivity index (χ0n) is 11.1. The fraction of sp³-hybridized carbons (Fsp3) is 0.417. The maximum Gasteiger partial charge on any atom is 0.335 e. The summed E-state index contributed by atoms with van der Waals surface area (Å²) < 4.78 is 10.1. The fourth-order valence-electron chi connectivity index (χ4n) is 1.96. The van der Waals surface area contributed by atoms with Crippen molar-refractivity contribution in [3.8, 4) is 5.75 Å². The lowest BCUT2D eigenvalue weighted by molar-refractivity contribution is -0.991. The lowest BCUT2D eigenvalue weighted by Gasteiger charge is -2.38. The average Bonchev–Trinajstić information content (AvgIpc) is 2.48. The van der Waals surface area contributed by atoms with E-state index in [1.807, 2.05) is 0 Å². The fourth-order valence-corrected chi connectivity index (χ4v) is 1.96. The van der Waals surface area contributed by atoms with Crippen molar-refractivity contribution < 1.29 is 45.1 Å². The first kappa shape index (κ1) is 16.6. The van der Waals surface area contributed by atoms with E-state index >= 15 is 0 Å². The Balaban J connectivity index is 2.11. The van der Waals surface area contributed by atoms with Gasteiger partial charge in [-0.2, -0.15) is 5.23 Å². The summed E-state index contributed by atoms with van der Waals surface area (Å²) in [5, 5.41) is 56.2. The van der Waals surface area contributed by atoms with Crippen molar-refractivity contribution in [3.63, 3.8) is 0 Å². The van der Waals surface area contributed by atoms with Gasteiger partial charge < -0.3 is 35.1 Å². The maximum atomic E-state index is 10.9. The highest BCUT2D eigenvalue weighted by Crippen LogP contribution is 2.24. The minimum Gasteiger partial charge on any atom is -0.595 e. The molecule has 10 nitrogen and oxygen atoms in total. The van der Waals surface area contributed by atoms with Crippen molar-refractivity contribution in [2.24, 2.45) is 0 Å². The molecule has 0 aliphatic carbocycles. The van der Waals surface area contributed by atoms with Crippen LogP contribution in [0.25, 0.3) is 0 Å². The first-order chi connectivity index (χ1) is 10.3. The van der Waals surface area contributed by atoms with Gasteiger partial charge in [-0.1, -0.05) is 0 Å². The Hall–Kier alpha value is -1.79. The smallest absolute Gasteiger partial charge is 0.335 e. The minimum atomic E-state index is -1.80. The van der Waals surface area contributed by atoms with Crippen molar-refractivity contribution in [2.45, 2.75) is 30.7 Å². The molecule has 6 atom stereocenters. The van der Waals surface area contributed by atoms with Crippen molar-refractivity contribution in [1.29, 1.82) is 0 Å². The Morgan fingerprint density at radius 3 is 2.23 bits per heavy atom. The lowest BCUT2D eigenvalue weighted by atomic mass is 9.99. The standard InChI is InChI=1S/C12H15NO9/c14-7-8(15)10(11(17)18)22-12(9(7)16)21-6-3-1-5(2-4-6)13(19)20/h1-4,7-10,12-16,19H,(H,17,18)/t7?,8-,9?,10?,12+/m0/s1. The van der Waals surface area contributed by atoms with Crippen molar-refractivity contribution in [3.05, 3.63) is 29.5 Å². The molecule has 0 aromatic heterocycles. The Morgan fingerprint density at radius 2 is 1.73 bits per heavy atom. The monoisotopic (exact) mass is 317 g/mol. The summed E-state index contributed by atoms with van der Waals surface area (Å²) in [5.74, 6) is -1.42. The van der Waals surface area contributed by atoms with E-state index in [2.05, 4.69) is 0 Å². The van der Waals surface area contributed by atoms with Gasteiger partial charge in [0.15, 0.2) is 11.8 Å². The number of aliphatic carboxylic acids is 1. The van der Waals surface area contributed by atoms with E-state index in [-0.39, 0.29) is 11.4 Å². The molecular formula is C12H15NO9. The molecule has 1 aliphatic rings. The summed E-state index contributed by atoms with van der Waals surface area (Å²) in [6.45, 7) is 0. The van der Waals surface area contributed by atoms with Gasteiger partial charge in [0.1, 0.15) is 24.1 Å². The third-order valence-corrected chi connectivity index (χ3v) is 3.17. The van der Waals surface area contributed by atoms with E-state index in [9.17, 15) is 25.3 Å². The first-order valence-corrected chi connectivity index (χ1v) is 6.23. The molecule has 0 bridgehead atoms. The summed E-state index contributed by atoms with van der Waals surface area (Å²) in [6, 6.07) is 5.05. The maximum absolute atomic E-state index is 10.9. The summed E-state index contributed by atoms with van der Waals surface area (Å²) in [7, 11) is 0. The molecule has 6 N–H and O–H groups in total. The van der Waals surface area contributed by atoms with Gasteiger partial charge in [0.05, 0.1) is 0 Å². The molecule has 4 unspecified atom stereocenters. The van der Waals surface area contributed by atoms with Gasteiger partial charge in [-0.05, 0) is 12.1 Å². The second kappa shape index (κ2) is 6.54. The van der Waals surface area contributed by atoms with E-state index in [0.717, 1.165) is 0 Å². The van der Waals surface area contributed by atoms with Crippen molar-refractivity contribution in [1.82, 2.24) is 0 Å². The SMILES string of the molecule is O=C(O)C1O[C@@H](Oc2ccc([NH+]([O-])O)cc2)C(O)C(O)[C@@H]1O. The molecule has 1 fully saturated rings. The molecule has 1 aromatic rings. The number of hydrogen-bond acceptors (Lipinski definition) is 8. The largest absolute Gasteiger partial charge is 0.595 e. The van der Waals surface area contributed by atoms with Gasteiger partial charge in [0.25, 0.3) is 0 Å². The van der Waals surface area contributed by atoms with E-state index in [4.69, 9.17) is 19.8 Å². The number of carboxylic acid groups (broad SMARTS) is 1. The van der Waals surface area contributed by atoms with Crippen LogP contribution in [0, 0.1) is 5.21 Å². The van der Waals surface area contributed by atoms with Crippen LogP contribution in [0.3, 0.4) is 0 Å². The van der Waals surface area contributed by atoms with E-state index < -0.39 is 41.9 Å². The van der Waals surface area contributed by atoms with E-state index in [1.54, 1.807) is 0 Å². The van der Waals surface area contributed by atoms with Gasteiger partial charge >= 0.3 is 5.97 Å². The molecule has 2 rings (SSSR count). The van der Waals surface area contributed by atoms with E-state index in [0.29, 0.717) is 0 Å². The molecule has 0 spiro atoms. The van der Waals surface area contributed by atoms with Gasteiger partial charge in [0, 0.05) is 12.1 Å². The molecule has 0 radical (unpaired) electrons. The number of aliphatic hydroxyl groups is 3. The lowest BCUT2D eigenvalue weighted by Crippen LogP contribution is -2.99. The second-order valence-corrected chi connectivity index (χ2v) is 4.68. The molecule has 1 saturated heterocycles. The third-order valence-electron chi connectivity index (χ3n) is 3.17. The Morgan fingerprint density at radius 1 is 1.14 bits per heavy atom. The first-order valence-electron chi connectivity index (χ1n) is 6.23. The predicted molar refractivity (Wildman–Crippen MR) is 67.2 cm³/mol. The van der Waals surface area contributed by atoms with Crippen molar-refractivity contribution in [2.75, 3.05) is 0 Å². The predicted octanol–water partition coefficient (Wildman–Crippen LogP) is -2.64. The van der Waals surface area contributed by atoms with Crippen LogP contribution in [0.15, 0.2) is 24.3 Å². The van der Waals surface area contributed by atoms with Gasteiger partial charge in [0.2, 0.25) is 6.29 Å². The van der Waals surface area contributed by atoms with Crippen LogP contribution in [0.5, 0.6) is 5.75 Å². The number of hydrogen-bond donors (Lipinski definition) is 6. The number of rotatable bonds is 4. The van der Waals surface area contributed by atoms with Crippen LogP contribution in [0.1, 0.15) is 0 Å². The Kier molecular flexibility index (Phi) is 4.93. The van der Waals surface area contributed by atoms with Crippen LogP contribution in [0.4, 0.5) is 5.69 Å². The Labute approximate surface area is 123 Å². The van der Waals surface area contributed by atoms with Gasteiger partial charge in [-0.3, -0.25) is 0 Å². The highest BCUT2D eigenvalue weighted by molar-refractivity contribution is 5.73. The summed E-state index contributed by atoms with van der Waals surface area (Å²) >= 11 is 0. The third kappa shape index (κ3) is 3.34. The molecule has 1 aliphatic heterocycles. The second-order valence-electron chi connectivity index (χ2n) is 4.68. The number of benzene rings is 1. The van der Waals surface area contributed by atoms with Crippen LogP contribution >= 0.6 is 0 Å². The van der Waals surface area contributed by atoms with Crippen molar-refractivity contribution >= 4 is 11.7 Å². The zero-order chi connectivity index (χ0) is 16.4. The Bertz CT molecular complexity index is 520. The molecule has 1 heterocycles. The number of aliphatic hydroxyl groups excluding tert-OH is 3. The summed E-state index contributed by atoms with van der Waals surface area (Å²) in [5.41, 5.74) is 0.0105. The number of nitrogens with one attached hydrogen (secondary N) is 1. The number of ether oxygens (including phenoxy) is 2. The molecule has 0 amide bonds. The normalized spacial score (nSPS) is 33.2. The number of carbonyl (C=O) groups is 1. The topological polar surface area (TPSA) is 164 Å².